The number of rotatable bonds is 4. The number of likely N-dealkylation sites (N-methyl/N-ethyl adjacent to an activating group) is 1. The zero-order valence-corrected chi connectivity index (χ0v) is 15.2. The third-order valence-corrected chi connectivity index (χ3v) is 5.22. The molecule has 0 bridgehead atoms. The molecule has 132 valence electrons. The van der Waals surface area contributed by atoms with Gasteiger partial charge in [-0.1, -0.05) is 26.2 Å². The van der Waals surface area contributed by atoms with E-state index in [1.165, 1.54) is 44.9 Å². The van der Waals surface area contributed by atoms with Crippen molar-refractivity contribution in [2.45, 2.75) is 51.9 Å². The van der Waals surface area contributed by atoms with E-state index in [9.17, 15) is 4.79 Å². The summed E-state index contributed by atoms with van der Waals surface area (Å²) in [6.45, 7) is 5.66. The summed E-state index contributed by atoms with van der Waals surface area (Å²) < 4.78 is 0. The topological polar surface area (TPSA) is 47.9 Å². The predicted octanol–water partition coefficient (Wildman–Crippen LogP) is 2.33. The lowest BCUT2D eigenvalue weighted by molar-refractivity contribution is -0.127. The van der Waals surface area contributed by atoms with Crippen molar-refractivity contribution < 1.29 is 4.79 Å². The van der Waals surface area contributed by atoms with Gasteiger partial charge in [-0.15, -0.1) is 0 Å². The normalized spacial score (nSPS) is 21.3. The largest absolute Gasteiger partial charge is 0.356 e. The third-order valence-electron chi connectivity index (χ3n) is 5.22. The number of guanidine groups is 1. The maximum Gasteiger partial charge on any atom is 0.243 e. The number of aliphatic imine (C=N–C) groups is 1. The molecule has 0 aromatic rings. The highest BCUT2D eigenvalue weighted by Gasteiger charge is 2.21. The second-order valence-electron chi connectivity index (χ2n) is 7.48. The third kappa shape index (κ3) is 6.04. The van der Waals surface area contributed by atoms with Gasteiger partial charge in [-0.3, -0.25) is 4.79 Å². The SMILES string of the molecule is CC1CCN(C(=NCC(=O)N(C)C)NCC2CCCCC2)CC1. The molecule has 2 fully saturated rings. The number of nitrogens with one attached hydrogen (secondary N) is 1. The van der Waals surface area contributed by atoms with E-state index in [4.69, 9.17) is 0 Å². The standard InChI is InChI=1S/C18H34N4O/c1-15-9-11-22(12-10-15)18(20-14-17(23)21(2)3)19-13-16-7-5-4-6-8-16/h15-16H,4-14H2,1-3H3,(H,19,20). The van der Waals surface area contributed by atoms with Gasteiger partial charge in [0.1, 0.15) is 6.54 Å². The Balaban J connectivity index is 1.92. The fraction of sp³-hybridized carbons (Fsp3) is 0.889. The maximum absolute atomic E-state index is 11.9. The molecule has 1 heterocycles. The molecule has 2 rings (SSSR count). The molecular weight excluding hydrogens is 288 g/mol. The number of hydrogen-bond donors (Lipinski definition) is 1. The first-order valence-corrected chi connectivity index (χ1v) is 9.29. The first-order chi connectivity index (χ1) is 11.1. The van der Waals surface area contributed by atoms with Gasteiger partial charge in [-0.25, -0.2) is 4.99 Å². The summed E-state index contributed by atoms with van der Waals surface area (Å²) >= 11 is 0. The van der Waals surface area contributed by atoms with Crippen LogP contribution in [0.5, 0.6) is 0 Å². The summed E-state index contributed by atoms with van der Waals surface area (Å²) in [4.78, 5) is 20.4. The van der Waals surface area contributed by atoms with E-state index >= 15 is 0 Å². The van der Waals surface area contributed by atoms with Crippen molar-refractivity contribution in [1.82, 2.24) is 15.1 Å². The summed E-state index contributed by atoms with van der Waals surface area (Å²) in [6.07, 6.45) is 9.19. The molecule has 0 radical (unpaired) electrons. The van der Waals surface area contributed by atoms with E-state index in [1.54, 1.807) is 19.0 Å². The van der Waals surface area contributed by atoms with Crippen molar-refractivity contribution in [3.8, 4) is 0 Å². The summed E-state index contributed by atoms with van der Waals surface area (Å²) in [7, 11) is 3.57. The number of likely N-dealkylation sites (tertiary alicyclic amines) is 1. The molecule has 23 heavy (non-hydrogen) atoms. The quantitative estimate of drug-likeness (QED) is 0.638. The molecule has 0 unspecified atom stereocenters. The molecule has 2 aliphatic rings. The Morgan fingerprint density at radius 3 is 2.39 bits per heavy atom. The van der Waals surface area contributed by atoms with E-state index < -0.39 is 0 Å². The number of carbonyl (C=O) groups is 1. The van der Waals surface area contributed by atoms with Crippen LogP contribution in [0.15, 0.2) is 4.99 Å². The number of nitrogens with zero attached hydrogens (tertiary/aromatic N) is 3. The van der Waals surface area contributed by atoms with Gasteiger partial charge >= 0.3 is 0 Å². The average Bonchev–Trinajstić information content (AvgIpc) is 2.56. The van der Waals surface area contributed by atoms with Crippen molar-refractivity contribution in [3.63, 3.8) is 0 Å². The molecule has 1 amide bonds. The molecule has 1 aliphatic heterocycles. The summed E-state index contributed by atoms with van der Waals surface area (Å²) in [5.41, 5.74) is 0. The van der Waals surface area contributed by atoms with Crippen LogP contribution in [-0.4, -0.2) is 61.9 Å². The van der Waals surface area contributed by atoms with Crippen molar-refractivity contribution in [2.75, 3.05) is 40.3 Å². The van der Waals surface area contributed by atoms with Gasteiger partial charge in [0.15, 0.2) is 5.96 Å². The lowest BCUT2D eigenvalue weighted by Crippen LogP contribution is -2.47. The van der Waals surface area contributed by atoms with E-state index in [0.717, 1.165) is 37.4 Å². The van der Waals surface area contributed by atoms with Crippen LogP contribution in [0.3, 0.4) is 0 Å². The van der Waals surface area contributed by atoms with Crippen LogP contribution in [0, 0.1) is 11.8 Å². The molecule has 0 aromatic heterocycles. The number of hydrogen-bond acceptors (Lipinski definition) is 2. The Bertz CT molecular complexity index is 394. The molecule has 0 spiro atoms. The fourth-order valence-electron chi connectivity index (χ4n) is 3.40. The molecule has 1 saturated heterocycles. The van der Waals surface area contributed by atoms with Crippen LogP contribution in [0.2, 0.25) is 0 Å². The number of piperidine rings is 1. The van der Waals surface area contributed by atoms with Gasteiger partial charge < -0.3 is 15.1 Å². The van der Waals surface area contributed by atoms with Crippen LogP contribution in [0.25, 0.3) is 0 Å². The van der Waals surface area contributed by atoms with Gasteiger partial charge in [0.25, 0.3) is 0 Å². The summed E-state index contributed by atoms with van der Waals surface area (Å²) in [6, 6.07) is 0. The summed E-state index contributed by atoms with van der Waals surface area (Å²) in [5.74, 6) is 2.57. The maximum atomic E-state index is 11.9. The Kier molecular flexibility index (Phi) is 7.18. The molecule has 1 aliphatic carbocycles. The zero-order chi connectivity index (χ0) is 16.7. The Morgan fingerprint density at radius 1 is 1.13 bits per heavy atom. The van der Waals surface area contributed by atoms with Crippen LogP contribution in [0.1, 0.15) is 51.9 Å². The average molecular weight is 322 g/mol. The fourth-order valence-corrected chi connectivity index (χ4v) is 3.40. The molecule has 0 atom stereocenters. The highest BCUT2D eigenvalue weighted by molar-refractivity contribution is 5.84. The second kappa shape index (κ2) is 9.14. The molecule has 5 nitrogen and oxygen atoms in total. The van der Waals surface area contributed by atoms with Gasteiger partial charge in [0.05, 0.1) is 0 Å². The molecular formula is C18H34N4O. The zero-order valence-electron chi connectivity index (χ0n) is 15.2. The molecule has 0 aromatic carbocycles. The van der Waals surface area contributed by atoms with E-state index in [-0.39, 0.29) is 12.5 Å². The molecule has 1 saturated carbocycles. The van der Waals surface area contributed by atoms with Crippen LogP contribution in [0.4, 0.5) is 0 Å². The number of amides is 1. The highest BCUT2D eigenvalue weighted by Crippen LogP contribution is 2.23. The Labute approximate surface area is 141 Å². The van der Waals surface area contributed by atoms with Crippen LogP contribution in [-0.2, 0) is 4.79 Å². The van der Waals surface area contributed by atoms with Crippen molar-refractivity contribution >= 4 is 11.9 Å². The first-order valence-electron chi connectivity index (χ1n) is 9.29. The summed E-state index contributed by atoms with van der Waals surface area (Å²) in [5, 5.41) is 3.57. The lowest BCUT2D eigenvalue weighted by atomic mass is 9.89. The highest BCUT2D eigenvalue weighted by atomic mass is 16.2. The minimum Gasteiger partial charge on any atom is -0.356 e. The van der Waals surface area contributed by atoms with E-state index in [2.05, 4.69) is 22.1 Å². The van der Waals surface area contributed by atoms with Gasteiger partial charge in [-0.2, -0.15) is 0 Å². The monoisotopic (exact) mass is 322 g/mol. The Hall–Kier alpha value is -1.26. The first kappa shape index (κ1) is 18.1. The number of carbonyl (C=O) groups excluding carboxylic acids is 1. The van der Waals surface area contributed by atoms with Gasteiger partial charge in [0.2, 0.25) is 5.91 Å². The Morgan fingerprint density at radius 2 is 1.78 bits per heavy atom. The second-order valence-corrected chi connectivity index (χ2v) is 7.48. The van der Waals surface area contributed by atoms with Gasteiger partial charge in [0, 0.05) is 33.7 Å². The predicted molar refractivity (Wildman–Crippen MR) is 95.5 cm³/mol. The van der Waals surface area contributed by atoms with Crippen molar-refractivity contribution in [2.24, 2.45) is 16.8 Å². The van der Waals surface area contributed by atoms with Gasteiger partial charge in [-0.05, 0) is 37.5 Å². The van der Waals surface area contributed by atoms with E-state index in [0.29, 0.717) is 0 Å². The smallest absolute Gasteiger partial charge is 0.243 e. The van der Waals surface area contributed by atoms with E-state index in [1.807, 2.05) is 0 Å². The van der Waals surface area contributed by atoms with Crippen molar-refractivity contribution in [1.29, 1.82) is 0 Å². The molecule has 1 N–H and O–H groups in total. The minimum atomic E-state index is 0.0624. The van der Waals surface area contributed by atoms with Crippen molar-refractivity contribution in [3.05, 3.63) is 0 Å². The van der Waals surface area contributed by atoms with Crippen LogP contribution >= 0.6 is 0 Å². The minimum absolute atomic E-state index is 0.0624. The molecule has 5 heteroatoms. The van der Waals surface area contributed by atoms with Crippen LogP contribution < -0.4 is 5.32 Å². The lowest BCUT2D eigenvalue weighted by Gasteiger charge is -2.34.